The third-order valence-electron chi connectivity index (χ3n) is 3.15. The molecule has 1 N–H and O–H groups in total. The Morgan fingerprint density at radius 2 is 1.96 bits per heavy atom. The van der Waals surface area contributed by atoms with Crippen molar-refractivity contribution in [2.75, 3.05) is 25.3 Å². The number of sulfone groups is 1. The fourth-order valence-corrected chi connectivity index (χ4v) is 2.63. The topological polar surface area (TPSA) is 94.1 Å². The van der Waals surface area contributed by atoms with Crippen LogP contribution in [0.3, 0.4) is 0 Å². The van der Waals surface area contributed by atoms with Crippen LogP contribution in [0.1, 0.15) is 5.56 Å². The first-order chi connectivity index (χ1) is 11.9. The molecule has 0 aliphatic rings. The molecule has 0 saturated heterocycles. The number of anilines is 1. The van der Waals surface area contributed by atoms with Gasteiger partial charge in [-0.3, -0.25) is 4.79 Å². The van der Waals surface area contributed by atoms with Crippen molar-refractivity contribution in [1.29, 1.82) is 0 Å². The van der Waals surface area contributed by atoms with E-state index in [4.69, 9.17) is 9.57 Å². The number of oxime groups is 1. The molecule has 0 atom stereocenters. The summed E-state index contributed by atoms with van der Waals surface area (Å²) in [5.74, 6) is 0.180. The normalized spacial score (nSPS) is 11.3. The van der Waals surface area contributed by atoms with Gasteiger partial charge in [-0.05, 0) is 30.3 Å². The summed E-state index contributed by atoms with van der Waals surface area (Å²) in [5.41, 5.74) is 1.08. The van der Waals surface area contributed by atoms with Crippen LogP contribution in [0.15, 0.2) is 58.6 Å². The number of methoxy groups -OCH3 is 1. The largest absolute Gasteiger partial charge is 0.496 e. The molecule has 0 spiro atoms. The smallest absolute Gasteiger partial charge is 0.265 e. The van der Waals surface area contributed by atoms with E-state index in [1.807, 2.05) is 12.1 Å². The molecule has 0 fully saturated rings. The first-order valence-electron chi connectivity index (χ1n) is 7.28. The number of benzene rings is 2. The summed E-state index contributed by atoms with van der Waals surface area (Å²) in [6.07, 6.45) is 2.54. The second kappa shape index (κ2) is 8.29. The van der Waals surface area contributed by atoms with Gasteiger partial charge in [0.15, 0.2) is 16.4 Å². The number of nitrogens with zero attached hydrogens (tertiary/aromatic N) is 1. The number of carbonyl (C=O) groups is 1. The fourth-order valence-electron chi connectivity index (χ4n) is 1.96. The SMILES string of the molecule is COc1ccccc1/C=N\OCC(=O)Nc1cccc(S(C)(=O)=O)c1. The molecule has 1 amide bonds. The van der Waals surface area contributed by atoms with E-state index >= 15 is 0 Å². The second-order valence-corrected chi connectivity index (χ2v) is 7.11. The number of hydrogen-bond acceptors (Lipinski definition) is 6. The van der Waals surface area contributed by atoms with Crippen molar-refractivity contribution in [3.05, 3.63) is 54.1 Å². The molecule has 0 aliphatic heterocycles. The van der Waals surface area contributed by atoms with Crippen LogP contribution in [0.4, 0.5) is 5.69 Å². The van der Waals surface area contributed by atoms with Gasteiger partial charge in [0, 0.05) is 17.5 Å². The molecular weight excluding hydrogens is 344 g/mol. The molecule has 0 bridgehead atoms. The van der Waals surface area contributed by atoms with Gasteiger partial charge in [0.2, 0.25) is 0 Å². The molecule has 132 valence electrons. The minimum Gasteiger partial charge on any atom is -0.496 e. The summed E-state index contributed by atoms with van der Waals surface area (Å²) < 4.78 is 28.2. The van der Waals surface area contributed by atoms with Gasteiger partial charge in [0.1, 0.15) is 5.75 Å². The summed E-state index contributed by atoms with van der Waals surface area (Å²) >= 11 is 0. The van der Waals surface area contributed by atoms with Gasteiger partial charge in [-0.25, -0.2) is 8.42 Å². The lowest BCUT2D eigenvalue weighted by molar-refractivity contribution is -0.120. The van der Waals surface area contributed by atoms with Crippen molar-refractivity contribution < 1.29 is 22.8 Å². The quantitative estimate of drug-likeness (QED) is 0.601. The molecule has 25 heavy (non-hydrogen) atoms. The van der Waals surface area contributed by atoms with E-state index in [-0.39, 0.29) is 11.5 Å². The Morgan fingerprint density at radius 3 is 2.68 bits per heavy atom. The van der Waals surface area contributed by atoms with Crippen molar-refractivity contribution in [3.8, 4) is 5.75 Å². The predicted octanol–water partition coefficient (Wildman–Crippen LogP) is 2.09. The number of rotatable bonds is 7. The molecule has 2 aromatic carbocycles. The summed E-state index contributed by atoms with van der Waals surface area (Å²) in [4.78, 5) is 16.9. The second-order valence-electron chi connectivity index (χ2n) is 5.10. The first-order valence-corrected chi connectivity index (χ1v) is 9.17. The van der Waals surface area contributed by atoms with Gasteiger partial charge in [0.25, 0.3) is 5.91 Å². The summed E-state index contributed by atoms with van der Waals surface area (Å²) in [6.45, 7) is -0.311. The van der Waals surface area contributed by atoms with Crippen LogP contribution < -0.4 is 10.1 Å². The molecule has 0 unspecified atom stereocenters. The zero-order valence-electron chi connectivity index (χ0n) is 13.8. The van der Waals surface area contributed by atoms with Crippen LogP contribution in [-0.4, -0.2) is 40.5 Å². The molecule has 0 aromatic heterocycles. The zero-order valence-corrected chi connectivity index (χ0v) is 14.6. The fraction of sp³-hybridized carbons (Fsp3) is 0.176. The average molecular weight is 362 g/mol. The Labute approximate surface area is 146 Å². The van der Waals surface area contributed by atoms with E-state index in [0.717, 1.165) is 6.26 Å². The van der Waals surface area contributed by atoms with Gasteiger partial charge in [-0.15, -0.1) is 0 Å². The number of carbonyl (C=O) groups excluding carboxylic acids is 1. The van der Waals surface area contributed by atoms with Crippen molar-refractivity contribution in [1.82, 2.24) is 0 Å². The van der Waals surface area contributed by atoms with Crippen molar-refractivity contribution >= 4 is 27.6 Å². The highest BCUT2D eigenvalue weighted by Crippen LogP contribution is 2.16. The third-order valence-corrected chi connectivity index (χ3v) is 4.26. The highest BCUT2D eigenvalue weighted by molar-refractivity contribution is 7.90. The molecule has 8 heteroatoms. The summed E-state index contributed by atoms with van der Waals surface area (Å²) in [5, 5.41) is 6.28. The minimum atomic E-state index is -3.34. The lowest BCUT2D eigenvalue weighted by Gasteiger charge is -2.06. The number of nitrogens with one attached hydrogen (secondary N) is 1. The average Bonchev–Trinajstić information content (AvgIpc) is 2.58. The Morgan fingerprint density at radius 1 is 1.20 bits per heavy atom. The van der Waals surface area contributed by atoms with E-state index in [1.54, 1.807) is 31.4 Å². The molecule has 0 heterocycles. The van der Waals surface area contributed by atoms with Crippen LogP contribution in [0.2, 0.25) is 0 Å². The molecular formula is C17H18N2O5S. The Bertz CT molecular complexity index is 878. The standard InChI is InChI=1S/C17H18N2O5S/c1-23-16-9-4-3-6-13(16)11-18-24-12-17(20)19-14-7-5-8-15(10-14)25(2,21)22/h3-11H,12H2,1-2H3,(H,19,20)/b18-11-. The van der Waals surface area contributed by atoms with E-state index < -0.39 is 15.7 Å². The maximum atomic E-state index is 11.8. The predicted molar refractivity (Wildman–Crippen MR) is 94.7 cm³/mol. The monoisotopic (exact) mass is 362 g/mol. The molecule has 0 radical (unpaired) electrons. The van der Waals surface area contributed by atoms with Gasteiger partial charge >= 0.3 is 0 Å². The van der Waals surface area contributed by atoms with Crippen molar-refractivity contribution in [2.45, 2.75) is 4.90 Å². The summed E-state index contributed by atoms with van der Waals surface area (Å²) in [7, 11) is -1.79. The van der Waals surface area contributed by atoms with Crippen LogP contribution >= 0.6 is 0 Å². The van der Waals surface area contributed by atoms with E-state index in [1.165, 1.54) is 18.3 Å². The van der Waals surface area contributed by atoms with Crippen LogP contribution in [-0.2, 0) is 19.5 Å². The Hall–Kier alpha value is -2.87. The van der Waals surface area contributed by atoms with Crippen LogP contribution in [0, 0.1) is 0 Å². The van der Waals surface area contributed by atoms with Crippen molar-refractivity contribution in [3.63, 3.8) is 0 Å². The zero-order chi connectivity index (χ0) is 18.3. The molecule has 7 nitrogen and oxygen atoms in total. The van der Waals surface area contributed by atoms with Gasteiger partial charge in [-0.2, -0.15) is 0 Å². The van der Waals surface area contributed by atoms with Crippen LogP contribution in [0.25, 0.3) is 0 Å². The lowest BCUT2D eigenvalue weighted by atomic mass is 10.2. The first kappa shape index (κ1) is 18.5. The highest BCUT2D eigenvalue weighted by atomic mass is 32.2. The van der Waals surface area contributed by atoms with E-state index in [2.05, 4.69) is 10.5 Å². The van der Waals surface area contributed by atoms with E-state index in [9.17, 15) is 13.2 Å². The van der Waals surface area contributed by atoms with Gasteiger partial charge in [-0.1, -0.05) is 23.4 Å². The molecule has 0 saturated carbocycles. The molecule has 2 aromatic rings. The van der Waals surface area contributed by atoms with Crippen molar-refractivity contribution in [2.24, 2.45) is 5.16 Å². The van der Waals surface area contributed by atoms with E-state index in [0.29, 0.717) is 17.0 Å². The maximum absolute atomic E-state index is 11.8. The molecule has 0 aliphatic carbocycles. The highest BCUT2D eigenvalue weighted by Gasteiger charge is 2.09. The minimum absolute atomic E-state index is 0.125. The maximum Gasteiger partial charge on any atom is 0.265 e. The summed E-state index contributed by atoms with van der Waals surface area (Å²) in [6, 6.07) is 13.2. The van der Waals surface area contributed by atoms with Gasteiger partial charge in [0.05, 0.1) is 18.2 Å². The lowest BCUT2D eigenvalue weighted by Crippen LogP contribution is -2.17. The Balaban J connectivity index is 1.90. The van der Waals surface area contributed by atoms with Crippen LogP contribution in [0.5, 0.6) is 5.75 Å². The number of hydrogen-bond donors (Lipinski definition) is 1. The number of amides is 1. The third kappa shape index (κ3) is 5.61. The Kier molecular flexibility index (Phi) is 6.13. The molecule has 2 rings (SSSR count). The van der Waals surface area contributed by atoms with Gasteiger partial charge < -0.3 is 14.9 Å². The number of ether oxygens (including phenoxy) is 1. The number of para-hydroxylation sites is 1.